The first-order chi connectivity index (χ1) is 11.6. The Hall–Kier alpha value is -2.69. The van der Waals surface area contributed by atoms with Crippen molar-refractivity contribution in [3.05, 3.63) is 74.8 Å². The molecule has 0 radical (unpaired) electrons. The lowest BCUT2D eigenvalue weighted by Crippen LogP contribution is -2.26. The van der Waals surface area contributed by atoms with Crippen molar-refractivity contribution in [2.75, 3.05) is 0 Å². The number of nitrogens with one attached hydrogen (secondary N) is 1. The molecule has 1 atom stereocenters. The van der Waals surface area contributed by atoms with E-state index in [-0.39, 0.29) is 23.1 Å². The van der Waals surface area contributed by atoms with E-state index in [1.165, 1.54) is 17.7 Å². The van der Waals surface area contributed by atoms with E-state index in [4.69, 9.17) is 0 Å². The zero-order valence-electron chi connectivity index (χ0n) is 15.3. The average Bonchev–Trinajstić information content (AvgIpc) is 2.53. The summed E-state index contributed by atoms with van der Waals surface area (Å²) < 4.78 is 0. The van der Waals surface area contributed by atoms with Crippen LogP contribution >= 0.6 is 0 Å². The Morgan fingerprint density at radius 2 is 1.72 bits per heavy atom. The summed E-state index contributed by atoms with van der Waals surface area (Å²) >= 11 is 0. The molecule has 5 heteroatoms. The third kappa shape index (κ3) is 4.44. The van der Waals surface area contributed by atoms with Crippen LogP contribution in [-0.2, 0) is 5.41 Å². The highest BCUT2D eigenvalue weighted by Crippen LogP contribution is 2.24. The van der Waals surface area contributed by atoms with Gasteiger partial charge in [0.05, 0.1) is 11.0 Å². The molecule has 0 aromatic heterocycles. The van der Waals surface area contributed by atoms with Gasteiger partial charge in [-0.3, -0.25) is 14.9 Å². The van der Waals surface area contributed by atoms with Crippen molar-refractivity contribution in [1.82, 2.24) is 5.32 Å². The van der Waals surface area contributed by atoms with Gasteiger partial charge < -0.3 is 5.32 Å². The number of nitrogens with zero attached hydrogens (tertiary/aromatic N) is 1. The Kier molecular flexibility index (Phi) is 5.26. The maximum atomic E-state index is 12.4. The Morgan fingerprint density at radius 3 is 2.20 bits per heavy atom. The number of carbonyl (C=O) groups excluding carboxylic acids is 1. The maximum Gasteiger partial charge on any atom is 0.272 e. The van der Waals surface area contributed by atoms with Gasteiger partial charge in [-0.2, -0.15) is 0 Å². The molecule has 0 heterocycles. The van der Waals surface area contributed by atoms with Gasteiger partial charge in [0, 0.05) is 17.2 Å². The Morgan fingerprint density at radius 1 is 1.12 bits per heavy atom. The van der Waals surface area contributed by atoms with Crippen molar-refractivity contribution in [1.29, 1.82) is 0 Å². The van der Waals surface area contributed by atoms with E-state index < -0.39 is 4.92 Å². The molecule has 2 rings (SSSR count). The molecule has 0 saturated heterocycles. The molecule has 0 saturated carbocycles. The smallest absolute Gasteiger partial charge is 0.272 e. The van der Waals surface area contributed by atoms with Crippen molar-refractivity contribution in [3.8, 4) is 0 Å². The largest absolute Gasteiger partial charge is 0.346 e. The van der Waals surface area contributed by atoms with Crippen LogP contribution in [0, 0.1) is 17.0 Å². The van der Waals surface area contributed by atoms with Crippen LogP contribution in [-0.4, -0.2) is 10.8 Å². The Bertz CT molecular complexity index is 790. The van der Waals surface area contributed by atoms with Gasteiger partial charge >= 0.3 is 0 Å². The number of carbonyl (C=O) groups is 1. The standard InChI is InChI=1S/C20H24N2O3/c1-13-12-16(8-11-18(13)22(24)25)19(23)21-14(2)15-6-9-17(10-7-15)20(3,4)5/h6-12,14H,1-5H3,(H,21,23)/t14-/m0/s1. The fourth-order valence-corrected chi connectivity index (χ4v) is 2.64. The van der Waals surface area contributed by atoms with Crippen LogP contribution in [0.25, 0.3) is 0 Å². The lowest BCUT2D eigenvalue weighted by molar-refractivity contribution is -0.385. The van der Waals surface area contributed by atoms with Crippen molar-refractivity contribution >= 4 is 11.6 Å². The fourth-order valence-electron chi connectivity index (χ4n) is 2.64. The Balaban J connectivity index is 2.12. The topological polar surface area (TPSA) is 72.2 Å². The third-order valence-corrected chi connectivity index (χ3v) is 4.28. The van der Waals surface area contributed by atoms with E-state index >= 15 is 0 Å². The minimum atomic E-state index is -0.448. The number of hydrogen-bond acceptors (Lipinski definition) is 3. The van der Waals surface area contributed by atoms with Crippen LogP contribution < -0.4 is 5.32 Å². The molecule has 1 amide bonds. The molecule has 5 nitrogen and oxygen atoms in total. The summed E-state index contributed by atoms with van der Waals surface area (Å²) in [5.74, 6) is -0.245. The molecule has 25 heavy (non-hydrogen) atoms. The minimum absolute atomic E-state index is 0.0161. The first-order valence-corrected chi connectivity index (χ1v) is 8.26. The zero-order valence-corrected chi connectivity index (χ0v) is 15.3. The highest BCUT2D eigenvalue weighted by Gasteiger charge is 2.17. The molecule has 1 N–H and O–H groups in total. The van der Waals surface area contributed by atoms with Crippen LogP contribution in [0.4, 0.5) is 5.69 Å². The van der Waals surface area contributed by atoms with Gasteiger partial charge in [-0.15, -0.1) is 0 Å². The van der Waals surface area contributed by atoms with Crippen molar-refractivity contribution in [2.24, 2.45) is 0 Å². The van der Waals surface area contributed by atoms with E-state index in [2.05, 4.69) is 38.2 Å². The number of rotatable bonds is 4. The molecular weight excluding hydrogens is 316 g/mol. The monoisotopic (exact) mass is 340 g/mol. The molecule has 132 valence electrons. The Labute approximate surface area is 148 Å². The lowest BCUT2D eigenvalue weighted by Gasteiger charge is -2.20. The highest BCUT2D eigenvalue weighted by molar-refractivity contribution is 5.95. The van der Waals surface area contributed by atoms with Crippen LogP contribution in [0.3, 0.4) is 0 Å². The predicted octanol–water partition coefficient (Wildman–Crippen LogP) is 4.69. The number of amides is 1. The summed E-state index contributed by atoms with van der Waals surface area (Å²) in [5.41, 5.74) is 3.24. The molecule has 2 aromatic carbocycles. The zero-order chi connectivity index (χ0) is 18.8. The van der Waals surface area contributed by atoms with Gasteiger partial charge in [0.15, 0.2) is 0 Å². The number of nitro groups is 1. The van der Waals surface area contributed by atoms with Gasteiger partial charge in [0.1, 0.15) is 0 Å². The van der Waals surface area contributed by atoms with Crippen molar-refractivity contribution in [2.45, 2.75) is 46.1 Å². The normalized spacial score (nSPS) is 12.5. The summed E-state index contributed by atoms with van der Waals surface area (Å²) in [6, 6.07) is 12.4. The van der Waals surface area contributed by atoms with Crippen LogP contribution in [0.1, 0.15) is 60.8 Å². The summed E-state index contributed by atoms with van der Waals surface area (Å²) in [5, 5.41) is 13.8. The van der Waals surface area contributed by atoms with Gasteiger partial charge in [-0.25, -0.2) is 0 Å². The second-order valence-electron chi connectivity index (χ2n) is 7.33. The predicted molar refractivity (Wildman–Crippen MR) is 98.9 cm³/mol. The molecule has 0 aliphatic rings. The van der Waals surface area contributed by atoms with Crippen LogP contribution in [0.5, 0.6) is 0 Å². The summed E-state index contributed by atoms with van der Waals surface area (Å²) in [6.45, 7) is 10.0. The lowest BCUT2D eigenvalue weighted by atomic mass is 9.86. The first kappa shape index (κ1) is 18.6. The van der Waals surface area contributed by atoms with Gasteiger partial charge in [0.2, 0.25) is 0 Å². The molecule has 0 bridgehead atoms. The SMILES string of the molecule is Cc1cc(C(=O)N[C@@H](C)c2ccc(C(C)(C)C)cc2)ccc1[N+](=O)[O-]. The van der Waals surface area contributed by atoms with Crippen LogP contribution in [0.2, 0.25) is 0 Å². The second kappa shape index (κ2) is 7.05. The highest BCUT2D eigenvalue weighted by atomic mass is 16.6. The van der Waals surface area contributed by atoms with E-state index in [1.807, 2.05) is 19.1 Å². The maximum absolute atomic E-state index is 12.4. The molecule has 0 aliphatic heterocycles. The molecular formula is C20H24N2O3. The molecule has 0 aliphatic carbocycles. The average molecular weight is 340 g/mol. The molecule has 2 aromatic rings. The van der Waals surface area contributed by atoms with Gasteiger partial charge in [0.25, 0.3) is 11.6 Å². The van der Waals surface area contributed by atoms with Gasteiger partial charge in [-0.1, -0.05) is 45.0 Å². The van der Waals surface area contributed by atoms with Crippen molar-refractivity contribution in [3.63, 3.8) is 0 Å². The summed E-state index contributed by atoms with van der Waals surface area (Å²) in [4.78, 5) is 22.8. The summed E-state index contributed by atoms with van der Waals surface area (Å²) in [6.07, 6.45) is 0. The van der Waals surface area contributed by atoms with Gasteiger partial charge in [-0.05, 0) is 42.5 Å². The van der Waals surface area contributed by atoms with E-state index in [1.54, 1.807) is 13.0 Å². The summed E-state index contributed by atoms with van der Waals surface area (Å²) in [7, 11) is 0. The molecule has 0 unspecified atom stereocenters. The number of aryl methyl sites for hydroxylation is 1. The fraction of sp³-hybridized carbons (Fsp3) is 0.350. The minimum Gasteiger partial charge on any atom is -0.346 e. The molecule has 0 spiro atoms. The van der Waals surface area contributed by atoms with Crippen LogP contribution in [0.15, 0.2) is 42.5 Å². The number of benzene rings is 2. The number of nitro benzene ring substituents is 1. The quantitative estimate of drug-likeness (QED) is 0.648. The second-order valence-corrected chi connectivity index (χ2v) is 7.33. The van der Waals surface area contributed by atoms with E-state index in [0.29, 0.717) is 11.1 Å². The van der Waals surface area contributed by atoms with E-state index in [9.17, 15) is 14.9 Å². The van der Waals surface area contributed by atoms with Crippen molar-refractivity contribution < 1.29 is 9.72 Å². The molecule has 0 fully saturated rings. The first-order valence-electron chi connectivity index (χ1n) is 8.26. The van der Waals surface area contributed by atoms with E-state index in [0.717, 1.165) is 5.56 Å². The third-order valence-electron chi connectivity index (χ3n) is 4.28. The number of hydrogen-bond donors (Lipinski definition) is 1.